The third-order valence-electron chi connectivity index (χ3n) is 2.99. The highest BCUT2D eigenvalue weighted by molar-refractivity contribution is 6.52. The van der Waals surface area contributed by atoms with Crippen molar-refractivity contribution in [2.24, 2.45) is 0 Å². The van der Waals surface area contributed by atoms with Crippen molar-refractivity contribution in [3.8, 4) is 0 Å². The Balaban J connectivity index is 1.89. The van der Waals surface area contributed by atoms with Crippen LogP contribution in [0.1, 0.15) is 10.4 Å². The number of ether oxygens (including phenoxy) is 2. The molecule has 7 nitrogen and oxygen atoms in total. The van der Waals surface area contributed by atoms with Gasteiger partial charge in [-0.2, -0.15) is 0 Å². The fraction of sp³-hybridized carbons (Fsp3) is 0.429. The van der Waals surface area contributed by atoms with Crippen LogP contribution in [-0.4, -0.2) is 61.2 Å². The van der Waals surface area contributed by atoms with Gasteiger partial charge in [-0.3, -0.25) is 14.5 Å². The maximum atomic E-state index is 11.9. The van der Waals surface area contributed by atoms with E-state index in [1.54, 1.807) is 24.3 Å². The summed E-state index contributed by atoms with van der Waals surface area (Å²) in [4.78, 5) is 24.7. The number of aliphatic hydroxyl groups is 2. The SMILES string of the molecule is O=C1C(=O)N(C(O)COCCOCCO)c2ccccc21. The van der Waals surface area contributed by atoms with E-state index in [9.17, 15) is 14.7 Å². The number of Topliss-reactive ketones (excluding diaryl/α,β-unsaturated/α-hetero) is 1. The summed E-state index contributed by atoms with van der Waals surface area (Å²) >= 11 is 0. The van der Waals surface area contributed by atoms with Crippen LogP contribution in [-0.2, 0) is 14.3 Å². The van der Waals surface area contributed by atoms with Crippen LogP contribution in [0, 0.1) is 0 Å². The number of para-hydroxylation sites is 1. The van der Waals surface area contributed by atoms with Crippen LogP contribution in [0.3, 0.4) is 0 Å². The van der Waals surface area contributed by atoms with E-state index in [1.807, 2.05) is 0 Å². The minimum absolute atomic E-state index is 0.0657. The van der Waals surface area contributed by atoms with E-state index in [-0.39, 0.29) is 38.6 Å². The molecule has 0 saturated carbocycles. The van der Waals surface area contributed by atoms with Crippen LogP contribution in [0.2, 0.25) is 0 Å². The van der Waals surface area contributed by atoms with Gasteiger partial charge in [-0.05, 0) is 12.1 Å². The Morgan fingerprint density at radius 2 is 1.81 bits per heavy atom. The van der Waals surface area contributed by atoms with Gasteiger partial charge in [0.05, 0.1) is 44.3 Å². The Bertz CT molecular complexity index is 518. The summed E-state index contributed by atoms with van der Waals surface area (Å²) in [6, 6.07) is 6.50. The molecule has 1 aliphatic heterocycles. The first-order valence-electron chi connectivity index (χ1n) is 6.58. The lowest BCUT2D eigenvalue weighted by Crippen LogP contribution is -2.42. The Morgan fingerprint density at radius 3 is 2.57 bits per heavy atom. The number of nitrogens with zero attached hydrogens (tertiary/aromatic N) is 1. The van der Waals surface area contributed by atoms with E-state index >= 15 is 0 Å². The number of aliphatic hydroxyl groups excluding tert-OH is 2. The van der Waals surface area contributed by atoms with Crippen molar-refractivity contribution in [1.82, 2.24) is 0 Å². The second kappa shape index (κ2) is 7.28. The predicted octanol–water partition coefficient (Wildman–Crippen LogP) is -0.440. The van der Waals surface area contributed by atoms with Crippen molar-refractivity contribution in [2.45, 2.75) is 6.23 Å². The lowest BCUT2D eigenvalue weighted by atomic mass is 10.1. The van der Waals surface area contributed by atoms with Gasteiger partial charge < -0.3 is 19.7 Å². The van der Waals surface area contributed by atoms with Gasteiger partial charge in [-0.15, -0.1) is 0 Å². The number of carbonyl (C=O) groups is 2. The molecular formula is C14H17NO6. The molecule has 1 atom stereocenters. The summed E-state index contributed by atoms with van der Waals surface area (Å²) in [6.07, 6.45) is -1.23. The second-order valence-electron chi connectivity index (χ2n) is 4.41. The topological polar surface area (TPSA) is 96.3 Å². The molecule has 0 spiro atoms. The van der Waals surface area contributed by atoms with Crippen LogP contribution in [0.4, 0.5) is 5.69 Å². The molecule has 0 aromatic heterocycles. The molecule has 1 aromatic rings. The fourth-order valence-electron chi connectivity index (χ4n) is 2.05. The Hall–Kier alpha value is -1.80. The van der Waals surface area contributed by atoms with E-state index in [4.69, 9.17) is 14.6 Å². The van der Waals surface area contributed by atoms with Gasteiger partial charge in [0.2, 0.25) is 0 Å². The number of rotatable bonds is 8. The quantitative estimate of drug-likeness (QED) is 0.498. The van der Waals surface area contributed by atoms with Crippen LogP contribution in [0.25, 0.3) is 0 Å². The largest absolute Gasteiger partial charge is 0.394 e. The van der Waals surface area contributed by atoms with Gasteiger partial charge in [-0.1, -0.05) is 12.1 Å². The molecule has 0 bridgehead atoms. The molecule has 0 fully saturated rings. The number of benzene rings is 1. The number of hydrogen-bond donors (Lipinski definition) is 2. The molecule has 0 saturated heterocycles. The molecule has 2 rings (SSSR count). The highest BCUT2D eigenvalue weighted by Crippen LogP contribution is 2.29. The monoisotopic (exact) mass is 295 g/mol. The molecule has 21 heavy (non-hydrogen) atoms. The molecule has 114 valence electrons. The van der Waals surface area contributed by atoms with Crippen LogP contribution >= 0.6 is 0 Å². The number of anilines is 1. The molecular weight excluding hydrogens is 278 g/mol. The van der Waals surface area contributed by atoms with Crippen molar-refractivity contribution in [2.75, 3.05) is 37.9 Å². The first kappa shape index (κ1) is 15.6. The molecule has 1 heterocycles. The normalized spacial score (nSPS) is 15.4. The van der Waals surface area contributed by atoms with E-state index in [0.717, 1.165) is 4.90 Å². The lowest BCUT2D eigenvalue weighted by Gasteiger charge is -2.23. The maximum Gasteiger partial charge on any atom is 0.301 e. The van der Waals surface area contributed by atoms with Gasteiger partial charge in [0.1, 0.15) is 0 Å². The van der Waals surface area contributed by atoms with Crippen molar-refractivity contribution < 1.29 is 29.3 Å². The zero-order chi connectivity index (χ0) is 15.2. The highest BCUT2D eigenvalue weighted by Gasteiger charge is 2.39. The maximum absolute atomic E-state index is 11.9. The number of ketones is 1. The van der Waals surface area contributed by atoms with E-state index < -0.39 is 17.9 Å². The number of fused-ring (bicyclic) bond motifs is 1. The van der Waals surface area contributed by atoms with Crippen LogP contribution < -0.4 is 4.90 Å². The Kier molecular flexibility index (Phi) is 5.40. The Morgan fingerprint density at radius 1 is 1.10 bits per heavy atom. The summed E-state index contributed by atoms with van der Waals surface area (Å²) in [6.45, 7) is 0.517. The first-order chi connectivity index (χ1) is 10.2. The van der Waals surface area contributed by atoms with Gasteiger partial charge in [0.15, 0.2) is 6.23 Å². The predicted molar refractivity (Wildman–Crippen MR) is 73.0 cm³/mol. The smallest absolute Gasteiger partial charge is 0.301 e. The number of hydrogen-bond acceptors (Lipinski definition) is 6. The molecule has 1 aliphatic rings. The van der Waals surface area contributed by atoms with Crippen LogP contribution in [0.15, 0.2) is 24.3 Å². The number of amides is 1. The van der Waals surface area contributed by atoms with Crippen molar-refractivity contribution >= 4 is 17.4 Å². The third kappa shape index (κ3) is 3.45. The summed E-state index contributed by atoms with van der Waals surface area (Å²) < 4.78 is 10.2. The van der Waals surface area contributed by atoms with Gasteiger partial charge in [0.25, 0.3) is 5.78 Å². The average Bonchev–Trinajstić information content (AvgIpc) is 2.75. The molecule has 1 amide bonds. The van der Waals surface area contributed by atoms with Gasteiger partial charge in [-0.25, -0.2) is 0 Å². The molecule has 0 aliphatic carbocycles. The average molecular weight is 295 g/mol. The molecule has 0 radical (unpaired) electrons. The van der Waals surface area contributed by atoms with E-state index in [2.05, 4.69) is 0 Å². The Labute approximate surface area is 121 Å². The molecule has 2 N–H and O–H groups in total. The first-order valence-corrected chi connectivity index (χ1v) is 6.58. The van der Waals surface area contributed by atoms with Gasteiger partial charge >= 0.3 is 5.91 Å². The zero-order valence-corrected chi connectivity index (χ0v) is 11.4. The summed E-state index contributed by atoms with van der Waals surface area (Å²) in [5, 5.41) is 18.6. The van der Waals surface area contributed by atoms with Crippen molar-refractivity contribution in [3.05, 3.63) is 29.8 Å². The minimum atomic E-state index is -1.23. The minimum Gasteiger partial charge on any atom is -0.394 e. The molecule has 1 unspecified atom stereocenters. The summed E-state index contributed by atoms with van der Waals surface area (Å²) in [5.41, 5.74) is 0.674. The molecule has 7 heteroatoms. The van der Waals surface area contributed by atoms with Gasteiger partial charge in [0, 0.05) is 0 Å². The summed E-state index contributed by atoms with van der Waals surface area (Å²) in [5.74, 6) is -1.39. The fourth-order valence-corrected chi connectivity index (χ4v) is 2.05. The van der Waals surface area contributed by atoms with Crippen LogP contribution in [0.5, 0.6) is 0 Å². The number of carbonyl (C=O) groups excluding carboxylic acids is 2. The zero-order valence-electron chi connectivity index (χ0n) is 11.4. The highest BCUT2D eigenvalue weighted by atomic mass is 16.5. The lowest BCUT2D eigenvalue weighted by molar-refractivity contribution is -0.117. The molecule has 1 aromatic carbocycles. The van der Waals surface area contributed by atoms with Crippen molar-refractivity contribution in [1.29, 1.82) is 0 Å². The second-order valence-corrected chi connectivity index (χ2v) is 4.41. The third-order valence-corrected chi connectivity index (χ3v) is 2.99. The standard InChI is InChI=1S/C14H17NO6/c16-5-6-20-7-8-21-9-12(17)15-11-4-2-1-3-10(11)13(18)14(15)19/h1-4,12,16-17H,5-9H2. The van der Waals surface area contributed by atoms with Crippen molar-refractivity contribution in [3.63, 3.8) is 0 Å². The van der Waals surface area contributed by atoms with E-state index in [1.165, 1.54) is 0 Å². The summed E-state index contributed by atoms with van der Waals surface area (Å²) in [7, 11) is 0. The van der Waals surface area contributed by atoms with E-state index in [0.29, 0.717) is 5.69 Å².